The minimum Gasteiger partial charge on any atom is -0.352 e. The van der Waals surface area contributed by atoms with Gasteiger partial charge in [-0.1, -0.05) is 40.2 Å². The molecule has 0 saturated carbocycles. The van der Waals surface area contributed by atoms with Crippen LogP contribution in [0.2, 0.25) is 0 Å². The van der Waals surface area contributed by atoms with Gasteiger partial charge in [0.1, 0.15) is 0 Å². The summed E-state index contributed by atoms with van der Waals surface area (Å²) < 4.78 is 3.30. The summed E-state index contributed by atoms with van der Waals surface area (Å²) in [6, 6.07) is 16.6. The fourth-order valence-electron chi connectivity index (χ4n) is 2.31. The first-order valence-electron chi connectivity index (χ1n) is 6.71. The first kappa shape index (κ1) is 13.2. The van der Waals surface area contributed by atoms with Gasteiger partial charge < -0.3 is 9.88 Å². The number of para-hydroxylation sites is 2. The van der Waals surface area contributed by atoms with Gasteiger partial charge in [-0.3, -0.25) is 0 Å². The Bertz CT molecular complexity index is 716. The molecule has 102 valence electrons. The highest BCUT2D eigenvalue weighted by molar-refractivity contribution is 9.10. The topological polar surface area (TPSA) is 29.9 Å². The summed E-state index contributed by atoms with van der Waals surface area (Å²) >= 11 is 3.45. The van der Waals surface area contributed by atoms with Crippen molar-refractivity contribution in [3.05, 3.63) is 58.6 Å². The molecule has 1 aromatic heterocycles. The Labute approximate surface area is 126 Å². The van der Waals surface area contributed by atoms with Gasteiger partial charge in [0.25, 0.3) is 0 Å². The molecule has 0 atom stereocenters. The van der Waals surface area contributed by atoms with Gasteiger partial charge in [0.05, 0.1) is 11.0 Å². The van der Waals surface area contributed by atoms with Crippen molar-refractivity contribution in [2.24, 2.45) is 0 Å². The zero-order valence-corrected chi connectivity index (χ0v) is 12.9. The lowest BCUT2D eigenvalue weighted by molar-refractivity contribution is 0.787. The highest BCUT2D eigenvalue weighted by Gasteiger charge is 2.08. The van der Waals surface area contributed by atoms with Gasteiger partial charge in [0, 0.05) is 17.6 Å². The minimum absolute atomic E-state index is 0.774. The molecule has 0 aliphatic rings. The summed E-state index contributed by atoms with van der Waals surface area (Å²) in [6.07, 6.45) is 0. The van der Waals surface area contributed by atoms with Crippen LogP contribution in [0, 0.1) is 0 Å². The molecule has 0 spiro atoms. The van der Waals surface area contributed by atoms with Gasteiger partial charge >= 0.3 is 0 Å². The number of benzene rings is 2. The van der Waals surface area contributed by atoms with E-state index in [1.807, 2.05) is 12.1 Å². The minimum atomic E-state index is 0.774. The predicted octanol–water partition coefficient (Wildman–Crippen LogP) is 4.43. The first-order valence-corrected chi connectivity index (χ1v) is 7.51. The molecular formula is C16H16BrN3. The maximum Gasteiger partial charge on any atom is 0.204 e. The third kappa shape index (κ3) is 2.56. The van der Waals surface area contributed by atoms with Crippen LogP contribution < -0.4 is 5.32 Å². The van der Waals surface area contributed by atoms with E-state index in [0.717, 1.165) is 29.0 Å². The molecule has 0 fully saturated rings. The number of aryl methyl sites for hydroxylation is 1. The van der Waals surface area contributed by atoms with E-state index in [4.69, 9.17) is 0 Å². The molecule has 3 nitrogen and oxygen atoms in total. The Hall–Kier alpha value is -1.81. The number of imidazole rings is 1. The summed E-state index contributed by atoms with van der Waals surface area (Å²) in [5.41, 5.74) is 3.45. The Morgan fingerprint density at radius 2 is 1.85 bits per heavy atom. The van der Waals surface area contributed by atoms with Crippen LogP contribution in [0.3, 0.4) is 0 Å². The van der Waals surface area contributed by atoms with Gasteiger partial charge in [0.15, 0.2) is 0 Å². The summed E-state index contributed by atoms with van der Waals surface area (Å²) in [5, 5.41) is 3.43. The number of nitrogens with one attached hydrogen (secondary N) is 1. The van der Waals surface area contributed by atoms with E-state index in [9.17, 15) is 0 Å². The number of rotatable bonds is 4. The molecule has 20 heavy (non-hydrogen) atoms. The van der Waals surface area contributed by atoms with Gasteiger partial charge in [0.2, 0.25) is 5.95 Å². The zero-order valence-electron chi connectivity index (χ0n) is 11.3. The Kier molecular flexibility index (Phi) is 3.74. The normalized spacial score (nSPS) is 10.9. The lowest BCUT2D eigenvalue weighted by atomic mass is 10.2. The van der Waals surface area contributed by atoms with E-state index >= 15 is 0 Å². The average Bonchev–Trinajstić information content (AvgIpc) is 2.84. The van der Waals surface area contributed by atoms with Crippen molar-refractivity contribution in [3.63, 3.8) is 0 Å². The number of nitrogens with zero attached hydrogens (tertiary/aromatic N) is 2. The van der Waals surface area contributed by atoms with Crippen molar-refractivity contribution in [2.75, 3.05) is 5.32 Å². The van der Waals surface area contributed by atoms with Crippen molar-refractivity contribution in [1.29, 1.82) is 0 Å². The number of hydrogen-bond acceptors (Lipinski definition) is 2. The SMILES string of the molecule is CCn1c(NCc2ccc(Br)cc2)nc2ccccc21. The molecule has 0 radical (unpaired) electrons. The van der Waals surface area contributed by atoms with Crippen LogP contribution in [0.1, 0.15) is 12.5 Å². The smallest absolute Gasteiger partial charge is 0.204 e. The van der Waals surface area contributed by atoms with Crippen LogP contribution in [0.5, 0.6) is 0 Å². The van der Waals surface area contributed by atoms with Gasteiger partial charge in [-0.25, -0.2) is 4.98 Å². The molecule has 3 rings (SSSR count). The number of fused-ring (bicyclic) bond motifs is 1. The van der Waals surface area contributed by atoms with E-state index in [1.165, 1.54) is 11.1 Å². The third-order valence-corrected chi connectivity index (χ3v) is 3.86. The number of halogens is 1. The summed E-state index contributed by atoms with van der Waals surface area (Å²) in [7, 11) is 0. The van der Waals surface area contributed by atoms with Crippen molar-refractivity contribution in [1.82, 2.24) is 9.55 Å². The molecule has 0 bridgehead atoms. The van der Waals surface area contributed by atoms with Gasteiger partial charge in [-0.2, -0.15) is 0 Å². The van der Waals surface area contributed by atoms with Gasteiger partial charge in [-0.05, 0) is 36.8 Å². The zero-order chi connectivity index (χ0) is 13.9. The molecule has 1 N–H and O–H groups in total. The second-order valence-corrected chi connectivity index (χ2v) is 5.56. The van der Waals surface area contributed by atoms with E-state index < -0.39 is 0 Å². The Morgan fingerprint density at radius 3 is 2.60 bits per heavy atom. The second kappa shape index (κ2) is 5.67. The van der Waals surface area contributed by atoms with E-state index in [1.54, 1.807) is 0 Å². The van der Waals surface area contributed by atoms with E-state index in [0.29, 0.717) is 0 Å². The third-order valence-electron chi connectivity index (χ3n) is 3.33. The summed E-state index contributed by atoms with van der Waals surface area (Å²) in [5.74, 6) is 0.927. The molecule has 0 saturated heterocycles. The number of anilines is 1. The van der Waals surface area contributed by atoms with Crippen LogP contribution in [-0.2, 0) is 13.1 Å². The maximum absolute atomic E-state index is 4.66. The summed E-state index contributed by atoms with van der Waals surface area (Å²) in [6.45, 7) is 3.82. The maximum atomic E-state index is 4.66. The van der Waals surface area contributed by atoms with Crippen LogP contribution in [0.4, 0.5) is 5.95 Å². The molecule has 3 aromatic rings. The fourth-order valence-corrected chi connectivity index (χ4v) is 2.58. The average molecular weight is 330 g/mol. The van der Waals surface area contributed by atoms with E-state index in [-0.39, 0.29) is 0 Å². The predicted molar refractivity (Wildman–Crippen MR) is 86.9 cm³/mol. The van der Waals surface area contributed by atoms with Gasteiger partial charge in [-0.15, -0.1) is 0 Å². The van der Waals surface area contributed by atoms with Crippen molar-refractivity contribution < 1.29 is 0 Å². The molecule has 1 heterocycles. The molecule has 0 aliphatic carbocycles. The van der Waals surface area contributed by atoms with Crippen molar-refractivity contribution in [3.8, 4) is 0 Å². The van der Waals surface area contributed by atoms with Crippen LogP contribution in [0.15, 0.2) is 53.0 Å². The Balaban J connectivity index is 1.85. The first-order chi connectivity index (χ1) is 9.78. The molecule has 2 aromatic carbocycles. The monoisotopic (exact) mass is 329 g/mol. The number of aromatic nitrogens is 2. The largest absolute Gasteiger partial charge is 0.352 e. The van der Waals surface area contributed by atoms with Crippen LogP contribution >= 0.6 is 15.9 Å². The van der Waals surface area contributed by atoms with Crippen LogP contribution in [-0.4, -0.2) is 9.55 Å². The molecule has 4 heteroatoms. The second-order valence-electron chi connectivity index (χ2n) is 4.65. The lowest BCUT2D eigenvalue weighted by Crippen LogP contribution is -2.06. The summed E-state index contributed by atoms with van der Waals surface area (Å²) in [4.78, 5) is 4.66. The molecule has 0 aliphatic heterocycles. The Morgan fingerprint density at radius 1 is 1.10 bits per heavy atom. The lowest BCUT2D eigenvalue weighted by Gasteiger charge is -2.08. The quantitative estimate of drug-likeness (QED) is 0.767. The standard InChI is InChI=1S/C16H16BrN3/c1-2-20-15-6-4-3-5-14(15)19-16(20)18-11-12-7-9-13(17)10-8-12/h3-10H,2,11H2,1H3,(H,18,19). The number of hydrogen-bond donors (Lipinski definition) is 1. The van der Waals surface area contributed by atoms with Crippen molar-refractivity contribution >= 4 is 32.9 Å². The molecular weight excluding hydrogens is 314 g/mol. The van der Waals surface area contributed by atoms with E-state index in [2.05, 4.69) is 74.1 Å². The van der Waals surface area contributed by atoms with Crippen molar-refractivity contribution in [2.45, 2.75) is 20.0 Å². The molecule has 0 amide bonds. The fraction of sp³-hybridized carbons (Fsp3) is 0.188. The molecule has 0 unspecified atom stereocenters. The highest BCUT2D eigenvalue weighted by Crippen LogP contribution is 2.20. The highest BCUT2D eigenvalue weighted by atomic mass is 79.9. The van der Waals surface area contributed by atoms with Crippen LogP contribution in [0.25, 0.3) is 11.0 Å².